The lowest BCUT2D eigenvalue weighted by Crippen LogP contribution is -2.34. The maximum absolute atomic E-state index is 12.3. The second kappa shape index (κ2) is 6.33. The van der Waals surface area contributed by atoms with E-state index in [9.17, 15) is 4.79 Å². The van der Waals surface area contributed by atoms with Gasteiger partial charge in [0.15, 0.2) is 0 Å². The molecule has 0 aliphatic heterocycles. The van der Waals surface area contributed by atoms with E-state index in [0.29, 0.717) is 0 Å². The molecule has 3 rings (SSSR count). The second-order valence-corrected chi connectivity index (χ2v) is 6.07. The highest BCUT2D eigenvalue weighted by Crippen LogP contribution is 2.31. The van der Waals surface area contributed by atoms with Crippen LogP contribution < -0.4 is 5.32 Å². The molecule has 21 heavy (non-hydrogen) atoms. The minimum atomic E-state index is 0.137. The lowest BCUT2D eigenvalue weighted by molar-refractivity contribution is -0.125. The summed E-state index contributed by atoms with van der Waals surface area (Å²) in [6.45, 7) is 3.01. The number of unbranched alkanes of at least 4 members (excludes halogenated alkanes) is 2. The second-order valence-electron chi connectivity index (χ2n) is 6.07. The van der Waals surface area contributed by atoms with Crippen molar-refractivity contribution < 1.29 is 4.79 Å². The summed E-state index contributed by atoms with van der Waals surface area (Å²) in [6.07, 6.45) is 6.29. The van der Waals surface area contributed by atoms with Crippen LogP contribution in [-0.2, 0) is 17.6 Å². The Labute approximate surface area is 126 Å². The third kappa shape index (κ3) is 2.97. The number of aromatic nitrogens is 1. The van der Waals surface area contributed by atoms with Gasteiger partial charge in [-0.05, 0) is 37.3 Å². The minimum Gasteiger partial charge on any atom is -0.358 e. The number of carbonyl (C=O) groups is 1. The predicted octanol–water partition coefficient (Wildman–Crippen LogP) is 3.58. The van der Waals surface area contributed by atoms with Crippen LogP contribution in [0.15, 0.2) is 24.3 Å². The van der Waals surface area contributed by atoms with Gasteiger partial charge in [0.25, 0.3) is 0 Å². The number of aromatic amines is 1. The lowest BCUT2D eigenvalue weighted by Gasteiger charge is -2.21. The molecule has 1 unspecified atom stereocenters. The fourth-order valence-electron chi connectivity index (χ4n) is 3.32. The Morgan fingerprint density at radius 2 is 2.19 bits per heavy atom. The summed E-state index contributed by atoms with van der Waals surface area (Å²) in [4.78, 5) is 15.8. The first-order valence-corrected chi connectivity index (χ1v) is 8.15. The van der Waals surface area contributed by atoms with Crippen LogP contribution in [0.25, 0.3) is 10.9 Å². The molecule has 0 saturated carbocycles. The van der Waals surface area contributed by atoms with Gasteiger partial charge in [-0.25, -0.2) is 0 Å². The summed E-state index contributed by atoms with van der Waals surface area (Å²) in [7, 11) is 0. The topological polar surface area (TPSA) is 44.9 Å². The number of aryl methyl sites for hydroxylation is 1. The van der Waals surface area contributed by atoms with E-state index >= 15 is 0 Å². The molecule has 1 amide bonds. The molecule has 3 heteroatoms. The molecule has 1 aromatic carbocycles. The van der Waals surface area contributed by atoms with Gasteiger partial charge in [-0.2, -0.15) is 0 Å². The van der Waals surface area contributed by atoms with E-state index in [1.165, 1.54) is 35.0 Å². The summed E-state index contributed by atoms with van der Waals surface area (Å²) in [5.74, 6) is 0.375. The maximum atomic E-state index is 12.3. The molecule has 0 saturated heterocycles. The van der Waals surface area contributed by atoms with Crippen molar-refractivity contribution in [2.24, 2.45) is 5.92 Å². The molecule has 0 fully saturated rings. The van der Waals surface area contributed by atoms with Crippen LogP contribution in [-0.4, -0.2) is 17.4 Å². The van der Waals surface area contributed by atoms with Crippen LogP contribution in [0.4, 0.5) is 0 Å². The zero-order valence-corrected chi connectivity index (χ0v) is 12.7. The van der Waals surface area contributed by atoms with Crippen molar-refractivity contribution in [1.82, 2.24) is 10.3 Å². The van der Waals surface area contributed by atoms with Crippen LogP contribution in [0.1, 0.15) is 43.9 Å². The Morgan fingerprint density at radius 3 is 3.05 bits per heavy atom. The van der Waals surface area contributed by atoms with Crippen LogP contribution in [0, 0.1) is 5.92 Å². The number of benzene rings is 1. The van der Waals surface area contributed by atoms with Gasteiger partial charge in [-0.15, -0.1) is 0 Å². The zero-order chi connectivity index (χ0) is 14.7. The number of nitrogens with one attached hydrogen (secondary N) is 2. The Bertz CT molecular complexity index is 629. The molecule has 0 radical (unpaired) electrons. The number of hydrogen-bond donors (Lipinski definition) is 2. The minimum absolute atomic E-state index is 0.137. The highest BCUT2D eigenvalue weighted by molar-refractivity contribution is 5.86. The Kier molecular flexibility index (Phi) is 4.28. The monoisotopic (exact) mass is 284 g/mol. The molecule has 1 aliphatic carbocycles. The van der Waals surface area contributed by atoms with Gasteiger partial charge in [0, 0.05) is 29.1 Å². The van der Waals surface area contributed by atoms with Crippen molar-refractivity contribution in [1.29, 1.82) is 0 Å². The molecule has 2 N–H and O–H groups in total. The van der Waals surface area contributed by atoms with Crippen molar-refractivity contribution in [2.75, 3.05) is 6.54 Å². The molecule has 0 spiro atoms. The first-order valence-electron chi connectivity index (χ1n) is 8.15. The molecule has 3 nitrogen and oxygen atoms in total. The number of H-pyrrole nitrogens is 1. The van der Waals surface area contributed by atoms with Crippen molar-refractivity contribution in [3.05, 3.63) is 35.5 Å². The Morgan fingerprint density at radius 1 is 1.33 bits per heavy atom. The summed E-state index contributed by atoms with van der Waals surface area (Å²) in [5, 5.41) is 4.40. The van der Waals surface area contributed by atoms with E-state index in [-0.39, 0.29) is 11.8 Å². The molecule has 1 heterocycles. The van der Waals surface area contributed by atoms with E-state index in [1.54, 1.807) is 0 Å². The molecule has 1 aliphatic rings. The van der Waals surface area contributed by atoms with E-state index < -0.39 is 0 Å². The third-order valence-corrected chi connectivity index (χ3v) is 4.55. The number of rotatable bonds is 5. The van der Waals surface area contributed by atoms with Crippen molar-refractivity contribution in [2.45, 2.75) is 45.4 Å². The van der Waals surface area contributed by atoms with Gasteiger partial charge in [0.2, 0.25) is 5.91 Å². The van der Waals surface area contributed by atoms with E-state index in [1.807, 2.05) is 0 Å². The van der Waals surface area contributed by atoms with E-state index in [2.05, 4.69) is 41.5 Å². The summed E-state index contributed by atoms with van der Waals surface area (Å²) in [6, 6.07) is 8.41. The molecular formula is C18H24N2O. The highest BCUT2D eigenvalue weighted by atomic mass is 16.1. The maximum Gasteiger partial charge on any atom is 0.223 e. The van der Waals surface area contributed by atoms with Crippen LogP contribution in [0.2, 0.25) is 0 Å². The lowest BCUT2D eigenvalue weighted by atomic mass is 9.86. The van der Waals surface area contributed by atoms with Gasteiger partial charge in [0.05, 0.1) is 0 Å². The summed E-state index contributed by atoms with van der Waals surface area (Å²) in [5.41, 5.74) is 3.88. The highest BCUT2D eigenvalue weighted by Gasteiger charge is 2.26. The Hall–Kier alpha value is -1.77. The molecule has 1 aromatic heterocycles. The quantitative estimate of drug-likeness (QED) is 0.810. The van der Waals surface area contributed by atoms with E-state index in [0.717, 1.165) is 32.2 Å². The first-order chi connectivity index (χ1) is 10.3. The number of para-hydroxylation sites is 1. The smallest absolute Gasteiger partial charge is 0.223 e. The van der Waals surface area contributed by atoms with Gasteiger partial charge in [-0.3, -0.25) is 4.79 Å². The molecule has 2 aromatic rings. The molecule has 0 bridgehead atoms. The molecular weight excluding hydrogens is 260 g/mol. The van der Waals surface area contributed by atoms with Crippen molar-refractivity contribution >= 4 is 16.8 Å². The standard InChI is InChI=1S/C18H24N2O/c1-2-3-6-11-19-18(21)13-9-10-17-15(12-13)14-7-4-5-8-16(14)20-17/h4-5,7-8,13,20H,2-3,6,9-12H2,1H3,(H,19,21). The normalized spacial score (nSPS) is 17.7. The first kappa shape index (κ1) is 14.2. The van der Waals surface area contributed by atoms with Crippen molar-refractivity contribution in [3.63, 3.8) is 0 Å². The number of amides is 1. The molecule has 1 atom stereocenters. The van der Waals surface area contributed by atoms with Crippen LogP contribution in [0.5, 0.6) is 0 Å². The Balaban J connectivity index is 1.67. The van der Waals surface area contributed by atoms with E-state index in [4.69, 9.17) is 0 Å². The van der Waals surface area contributed by atoms with Gasteiger partial charge in [0.1, 0.15) is 0 Å². The van der Waals surface area contributed by atoms with Crippen LogP contribution >= 0.6 is 0 Å². The average molecular weight is 284 g/mol. The summed E-state index contributed by atoms with van der Waals surface area (Å²) >= 11 is 0. The largest absolute Gasteiger partial charge is 0.358 e. The fourth-order valence-corrected chi connectivity index (χ4v) is 3.32. The zero-order valence-electron chi connectivity index (χ0n) is 12.7. The van der Waals surface area contributed by atoms with Gasteiger partial charge in [-0.1, -0.05) is 38.0 Å². The SMILES string of the molecule is CCCCCNC(=O)C1CCc2[nH]c3ccccc3c2C1. The predicted molar refractivity (Wildman–Crippen MR) is 86.3 cm³/mol. The van der Waals surface area contributed by atoms with Crippen LogP contribution in [0.3, 0.4) is 0 Å². The molecule has 112 valence electrons. The number of fused-ring (bicyclic) bond motifs is 3. The third-order valence-electron chi connectivity index (χ3n) is 4.55. The number of hydrogen-bond acceptors (Lipinski definition) is 1. The van der Waals surface area contributed by atoms with Gasteiger partial charge >= 0.3 is 0 Å². The average Bonchev–Trinajstić information content (AvgIpc) is 2.89. The van der Waals surface area contributed by atoms with Gasteiger partial charge < -0.3 is 10.3 Å². The van der Waals surface area contributed by atoms with Crippen molar-refractivity contribution in [3.8, 4) is 0 Å². The summed E-state index contributed by atoms with van der Waals surface area (Å²) < 4.78 is 0. The fraction of sp³-hybridized carbons (Fsp3) is 0.500. The number of carbonyl (C=O) groups excluding carboxylic acids is 1.